The van der Waals surface area contributed by atoms with E-state index in [1.807, 2.05) is 0 Å². The van der Waals surface area contributed by atoms with Gasteiger partial charge in [-0.3, -0.25) is 0 Å². The molecule has 0 amide bonds. The lowest BCUT2D eigenvalue weighted by Crippen LogP contribution is -1.98. The Morgan fingerprint density at radius 3 is 3.00 bits per heavy atom. The summed E-state index contributed by atoms with van der Waals surface area (Å²) in [5.41, 5.74) is 0. The molecule has 0 spiro atoms. The molecule has 0 bridgehead atoms. The smallest absolute Gasteiger partial charge is 0.331 e. The van der Waals surface area contributed by atoms with Crippen LogP contribution in [0.4, 0.5) is 0 Å². The number of allylic oxidation sites excluding steroid dienone is 1. The number of hydrogen-bond acceptors (Lipinski definition) is 2. The minimum atomic E-state index is -0.393. The summed E-state index contributed by atoms with van der Waals surface area (Å²) in [4.78, 5) is 10.4. The Hall–Kier alpha value is -1.23. The Kier molecular flexibility index (Phi) is 4.25. The quantitative estimate of drug-likeness (QED) is 0.308. The lowest BCUT2D eigenvalue weighted by Gasteiger charge is -1.91. The minimum absolute atomic E-state index is 0.383. The third kappa shape index (κ3) is 4.63. The van der Waals surface area contributed by atoms with Crippen molar-refractivity contribution >= 4 is 5.97 Å². The molecule has 0 N–H and O–H groups in total. The molecular weight excluding hydrogens is 116 g/mol. The monoisotopic (exact) mass is 124 g/mol. The minimum Gasteiger partial charge on any atom is -0.463 e. The first-order valence-corrected chi connectivity index (χ1v) is 2.60. The van der Waals surface area contributed by atoms with E-state index in [0.29, 0.717) is 6.61 Å². The van der Waals surface area contributed by atoms with Gasteiger partial charge in [-0.2, -0.15) is 0 Å². The van der Waals surface area contributed by atoms with Gasteiger partial charge in [0.15, 0.2) is 0 Å². The fourth-order valence-corrected chi connectivity index (χ4v) is 0.307. The van der Waals surface area contributed by atoms with E-state index in [9.17, 15) is 4.79 Å². The SMILES string of the molecule is C#C/C=C\C(=O)OCC. The molecule has 0 aromatic carbocycles. The molecule has 0 aliphatic heterocycles. The zero-order valence-electron chi connectivity index (χ0n) is 5.26. The molecule has 0 heterocycles. The number of ether oxygens (including phenoxy) is 1. The van der Waals surface area contributed by atoms with Gasteiger partial charge in [0, 0.05) is 6.08 Å². The van der Waals surface area contributed by atoms with Crippen LogP contribution < -0.4 is 0 Å². The Labute approximate surface area is 54.5 Å². The Balaban J connectivity index is 3.53. The normalized spacial score (nSPS) is 8.89. The number of hydrogen-bond donors (Lipinski definition) is 0. The molecular formula is C7H8O2. The van der Waals surface area contributed by atoms with Crippen molar-refractivity contribution in [2.24, 2.45) is 0 Å². The molecule has 0 saturated heterocycles. The number of rotatable bonds is 2. The average Bonchev–Trinajstić information content (AvgIpc) is 1.85. The van der Waals surface area contributed by atoms with Crippen molar-refractivity contribution in [3.8, 4) is 12.3 Å². The first-order valence-electron chi connectivity index (χ1n) is 2.60. The van der Waals surface area contributed by atoms with Crippen LogP contribution in [0.2, 0.25) is 0 Å². The summed E-state index contributed by atoms with van der Waals surface area (Å²) >= 11 is 0. The molecule has 0 rings (SSSR count). The maximum absolute atomic E-state index is 10.4. The van der Waals surface area contributed by atoms with E-state index >= 15 is 0 Å². The average molecular weight is 124 g/mol. The summed E-state index contributed by atoms with van der Waals surface area (Å²) in [5.74, 6) is 1.78. The molecule has 0 aliphatic carbocycles. The van der Waals surface area contributed by atoms with Gasteiger partial charge in [0.05, 0.1) is 6.61 Å². The van der Waals surface area contributed by atoms with Crippen LogP contribution in [-0.2, 0) is 9.53 Å². The predicted octanol–water partition coefficient (Wildman–Crippen LogP) is 0.739. The van der Waals surface area contributed by atoms with Crippen LogP contribution >= 0.6 is 0 Å². The highest BCUT2D eigenvalue weighted by Crippen LogP contribution is 1.78. The molecule has 0 radical (unpaired) electrons. The lowest BCUT2D eigenvalue weighted by molar-refractivity contribution is -0.137. The molecule has 0 saturated carbocycles. The number of carbonyl (C=O) groups is 1. The van der Waals surface area contributed by atoms with Gasteiger partial charge < -0.3 is 4.74 Å². The molecule has 48 valence electrons. The van der Waals surface area contributed by atoms with Gasteiger partial charge in [-0.1, -0.05) is 5.92 Å². The molecule has 0 fully saturated rings. The number of terminal acetylenes is 1. The van der Waals surface area contributed by atoms with Gasteiger partial charge in [-0.05, 0) is 13.0 Å². The van der Waals surface area contributed by atoms with Gasteiger partial charge in [-0.25, -0.2) is 4.79 Å². The van der Waals surface area contributed by atoms with E-state index in [1.165, 1.54) is 12.2 Å². The zero-order valence-corrected chi connectivity index (χ0v) is 5.26. The Morgan fingerprint density at radius 1 is 1.89 bits per heavy atom. The summed E-state index contributed by atoms with van der Waals surface area (Å²) < 4.78 is 4.52. The van der Waals surface area contributed by atoms with Crippen molar-refractivity contribution in [1.29, 1.82) is 0 Å². The summed E-state index contributed by atoms with van der Waals surface area (Å²) in [7, 11) is 0. The third-order valence-corrected chi connectivity index (χ3v) is 0.602. The molecule has 0 unspecified atom stereocenters. The van der Waals surface area contributed by atoms with E-state index in [0.717, 1.165) is 0 Å². The van der Waals surface area contributed by atoms with Gasteiger partial charge in [-0.15, -0.1) is 6.42 Å². The van der Waals surface area contributed by atoms with E-state index in [2.05, 4.69) is 10.7 Å². The fourth-order valence-electron chi connectivity index (χ4n) is 0.307. The first kappa shape index (κ1) is 7.77. The van der Waals surface area contributed by atoms with E-state index in [1.54, 1.807) is 6.92 Å². The van der Waals surface area contributed by atoms with Crippen LogP contribution in [0.1, 0.15) is 6.92 Å². The Morgan fingerprint density at radius 2 is 2.56 bits per heavy atom. The largest absolute Gasteiger partial charge is 0.463 e. The molecule has 9 heavy (non-hydrogen) atoms. The number of carbonyl (C=O) groups excluding carboxylic acids is 1. The number of esters is 1. The summed E-state index contributed by atoms with van der Waals surface area (Å²) in [6.07, 6.45) is 7.34. The topological polar surface area (TPSA) is 26.3 Å². The standard InChI is InChI=1S/C7H8O2/c1-3-5-6-7(8)9-4-2/h1,5-6H,4H2,2H3/b6-5-. The van der Waals surface area contributed by atoms with Gasteiger partial charge in [0.2, 0.25) is 0 Å². The molecule has 0 aromatic rings. The Bertz CT molecular complexity index is 151. The van der Waals surface area contributed by atoms with Gasteiger partial charge in [0.1, 0.15) is 0 Å². The highest BCUT2D eigenvalue weighted by Gasteiger charge is 1.89. The van der Waals surface area contributed by atoms with Crippen molar-refractivity contribution in [2.45, 2.75) is 6.92 Å². The van der Waals surface area contributed by atoms with Gasteiger partial charge >= 0.3 is 5.97 Å². The second kappa shape index (κ2) is 4.92. The van der Waals surface area contributed by atoms with Crippen molar-refractivity contribution in [1.82, 2.24) is 0 Å². The summed E-state index contributed by atoms with van der Waals surface area (Å²) in [6.45, 7) is 2.12. The third-order valence-electron chi connectivity index (χ3n) is 0.602. The second-order valence-electron chi connectivity index (χ2n) is 1.25. The highest BCUT2D eigenvalue weighted by atomic mass is 16.5. The summed E-state index contributed by atoms with van der Waals surface area (Å²) in [6, 6.07) is 0. The van der Waals surface area contributed by atoms with Crippen LogP contribution in [-0.4, -0.2) is 12.6 Å². The molecule has 0 atom stereocenters. The second-order valence-corrected chi connectivity index (χ2v) is 1.25. The van der Waals surface area contributed by atoms with Crippen LogP contribution in [0, 0.1) is 12.3 Å². The van der Waals surface area contributed by atoms with Crippen molar-refractivity contribution in [3.63, 3.8) is 0 Å². The molecule has 2 heteroatoms. The predicted molar refractivity (Wildman–Crippen MR) is 34.6 cm³/mol. The van der Waals surface area contributed by atoms with Crippen LogP contribution in [0.5, 0.6) is 0 Å². The molecule has 0 aliphatic rings. The summed E-state index contributed by atoms with van der Waals surface area (Å²) in [5, 5.41) is 0. The zero-order chi connectivity index (χ0) is 7.11. The van der Waals surface area contributed by atoms with Crippen molar-refractivity contribution < 1.29 is 9.53 Å². The molecule has 0 aromatic heterocycles. The van der Waals surface area contributed by atoms with Crippen LogP contribution in [0.15, 0.2) is 12.2 Å². The maximum Gasteiger partial charge on any atom is 0.331 e. The van der Waals surface area contributed by atoms with Crippen molar-refractivity contribution in [3.05, 3.63) is 12.2 Å². The van der Waals surface area contributed by atoms with E-state index in [4.69, 9.17) is 6.42 Å². The van der Waals surface area contributed by atoms with Gasteiger partial charge in [0.25, 0.3) is 0 Å². The van der Waals surface area contributed by atoms with Crippen molar-refractivity contribution in [2.75, 3.05) is 6.61 Å². The maximum atomic E-state index is 10.4. The van der Waals surface area contributed by atoms with Crippen LogP contribution in [0.25, 0.3) is 0 Å². The molecule has 2 nitrogen and oxygen atoms in total. The first-order chi connectivity index (χ1) is 4.31. The van der Waals surface area contributed by atoms with E-state index in [-0.39, 0.29) is 0 Å². The van der Waals surface area contributed by atoms with E-state index < -0.39 is 5.97 Å². The lowest BCUT2D eigenvalue weighted by atomic mass is 10.5. The fraction of sp³-hybridized carbons (Fsp3) is 0.286. The van der Waals surface area contributed by atoms with Crippen LogP contribution in [0.3, 0.4) is 0 Å². The highest BCUT2D eigenvalue weighted by molar-refractivity contribution is 5.82.